The summed E-state index contributed by atoms with van der Waals surface area (Å²) in [5, 5.41) is 7.58. The van der Waals surface area contributed by atoms with Gasteiger partial charge in [0.15, 0.2) is 0 Å². The van der Waals surface area contributed by atoms with Crippen LogP contribution in [-0.2, 0) is 6.54 Å². The van der Waals surface area contributed by atoms with E-state index in [1.54, 1.807) is 35.6 Å². The third-order valence-electron chi connectivity index (χ3n) is 3.87. The van der Waals surface area contributed by atoms with Crippen LogP contribution in [0, 0.1) is 12.7 Å². The zero-order chi connectivity index (χ0) is 18.5. The number of rotatable bonds is 5. The van der Waals surface area contributed by atoms with E-state index in [1.807, 2.05) is 18.4 Å². The summed E-state index contributed by atoms with van der Waals surface area (Å²) < 4.78 is 12.9. The Hall–Kier alpha value is -2.99. The van der Waals surface area contributed by atoms with Crippen LogP contribution in [-0.4, -0.2) is 11.8 Å². The van der Waals surface area contributed by atoms with Gasteiger partial charge in [-0.1, -0.05) is 6.07 Å². The number of anilines is 1. The number of halogens is 1. The molecule has 1 aromatic heterocycles. The molecule has 0 atom stereocenters. The number of hydrogen-bond donors (Lipinski definition) is 2. The molecule has 2 aromatic carbocycles. The molecule has 2 amide bonds. The molecule has 2 N–H and O–H groups in total. The predicted molar refractivity (Wildman–Crippen MR) is 101 cm³/mol. The highest BCUT2D eigenvalue weighted by molar-refractivity contribution is 7.10. The fourth-order valence-electron chi connectivity index (χ4n) is 2.39. The summed E-state index contributed by atoms with van der Waals surface area (Å²) >= 11 is 1.60. The Morgan fingerprint density at radius 2 is 1.77 bits per heavy atom. The van der Waals surface area contributed by atoms with Gasteiger partial charge in [0.25, 0.3) is 11.8 Å². The largest absolute Gasteiger partial charge is 0.347 e. The smallest absolute Gasteiger partial charge is 0.255 e. The standard InChI is InChI=1S/C20H17FN2O2S/c1-13-9-10-26-18(13)12-22-19(24)15-3-2-4-17(11-15)23-20(25)14-5-7-16(21)8-6-14/h2-11H,12H2,1H3,(H,22,24)(H,23,25). The molecule has 0 spiro atoms. The Balaban J connectivity index is 1.65. The van der Waals surface area contributed by atoms with Crippen molar-refractivity contribution in [3.8, 4) is 0 Å². The normalized spacial score (nSPS) is 10.4. The van der Waals surface area contributed by atoms with Crippen molar-refractivity contribution in [3.05, 3.63) is 87.4 Å². The van der Waals surface area contributed by atoms with Gasteiger partial charge < -0.3 is 10.6 Å². The molecule has 3 rings (SSSR count). The summed E-state index contributed by atoms with van der Waals surface area (Å²) in [6.45, 7) is 2.47. The summed E-state index contributed by atoms with van der Waals surface area (Å²) in [5.41, 5.74) is 2.44. The van der Waals surface area contributed by atoms with Crippen molar-refractivity contribution in [3.63, 3.8) is 0 Å². The lowest BCUT2D eigenvalue weighted by Gasteiger charge is -2.08. The number of aryl methyl sites for hydroxylation is 1. The molecule has 3 aromatic rings. The van der Waals surface area contributed by atoms with E-state index in [1.165, 1.54) is 24.3 Å². The maximum Gasteiger partial charge on any atom is 0.255 e. The highest BCUT2D eigenvalue weighted by Crippen LogP contribution is 2.16. The zero-order valence-electron chi connectivity index (χ0n) is 14.1. The van der Waals surface area contributed by atoms with Crippen LogP contribution in [0.4, 0.5) is 10.1 Å². The van der Waals surface area contributed by atoms with Crippen LogP contribution >= 0.6 is 11.3 Å². The lowest BCUT2D eigenvalue weighted by atomic mass is 10.1. The average Bonchev–Trinajstić information content (AvgIpc) is 3.05. The van der Waals surface area contributed by atoms with Crippen molar-refractivity contribution in [2.45, 2.75) is 13.5 Å². The first kappa shape index (κ1) is 17.8. The van der Waals surface area contributed by atoms with Gasteiger partial charge in [0.2, 0.25) is 0 Å². The fourth-order valence-corrected chi connectivity index (χ4v) is 3.24. The Morgan fingerprint density at radius 1 is 1.00 bits per heavy atom. The maximum absolute atomic E-state index is 12.9. The lowest BCUT2D eigenvalue weighted by Crippen LogP contribution is -2.23. The average molecular weight is 368 g/mol. The number of thiophene rings is 1. The summed E-state index contributed by atoms with van der Waals surface area (Å²) in [6, 6.07) is 14.0. The van der Waals surface area contributed by atoms with Crippen LogP contribution in [0.2, 0.25) is 0 Å². The lowest BCUT2D eigenvalue weighted by molar-refractivity contribution is 0.0950. The zero-order valence-corrected chi connectivity index (χ0v) is 14.9. The second-order valence-electron chi connectivity index (χ2n) is 5.75. The predicted octanol–water partition coefficient (Wildman–Crippen LogP) is 4.38. The minimum absolute atomic E-state index is 0.212. The first-order chi connectivity index (χ1) is 12.5. The van der Waals surface area contributed by atoms with Crippen molar-refractivity contribution in [1.82, 2.24) is 5.32 Å². The van der Waals surface area contributed by atoms with E-state index >= 15 is 0 Å². The van der Waals surface area contributed by atoms with Gasteiger partial charge in [-0.2, -0.15) is 0 Å². The molecule has 0 saturated heterocycles. The van der Waals surface area contributed by atoms with Crippen LogP contribution in [0.15, 0.2) is 60.0 Å². The number of amides is 2. The van der Waals surface area contributed by atoms with Gasteiger partial charge in [-0.25, -0.2) is 4.39 Å². The molecule has 0 aliphatic rings. The molecular weight excluding hydrogens is 351 g/mol. The Kier molecular flexibility index (Phi) is 5.43. The van der Waals surface area contributed by atoms with Gasteiger partial charge in [0.05, 0.1) is 6.54 Å². The number of hydrogen-bond acceptors (Lipinski definition) is 3. The molecular formula is C20H17FN2O2S. The highest BCUT2D eigenvalue weighted by Gasteiger charge is 2.10. The van der Waals surface area contributed by atoms with Gasteiger partial charge in [0.1, 0.15) is 5.82 Å². The molecule has 0 bridgehead atoms. The molecule has 0 aliphatic heterocycles. The van der Waals surface area contributed by atoms with E-state index in [-0.39, 0.29) is 11.8 Å². The molecule has 6 heteroatoms. The van der Waals surface area contributed by atoms with Crippen molar-refractivity contribution < 1.29 is 14.0 Å². The van der Waals surface area contributed by atoms with Crippen LogP contribution in [0.25, 0.3) is 0 Å². The quantitative estimate of drug-likeness (QED) is 0.702. The Labute approximate surface area is 154 Å². The van der Waals surface area contributed by atoms with Gasteiger partial charge in [0, 0.05) is 21.7 Å². The highest BCUT2D eigenvalue weighted by atomic mass is 32.1. The number of benzene rings is 2. The van der Waals surface area contributed by atoms with E-state index in [0.29, 0.717) is 23.4 Å². The van der Waals surface area contributed by atoms with E-state index in [9.17, 15) is 14.0 Å². The molecule has 0 aliphatic carbocycles. The minimum atomic E-state index is -0.402. The van der Waals surface area contributed by atoms with Gasteiger partial charge in [-0.15, -0.1) is 11.3 Å². The topological polar surface area (TPSA) is 58.2 Å². The second kappa shape index (κ2) is 7.93. The maximum atomic E-state index is 12.9. The third-order valence-corrected chi connectivity index (χ3v) is 4.89. The third kappa shape index (κ3) is 4.34. The molecule has 0 radical (unpaired) electrons. The van der Waals surface area contributed by atoms with E-state index in [4.69, 9.17) is 0 Å². The van der Waals surface area contributed by atoms with Crippen LogP contribution in [0.5, 0.6) is 0 Å². The molecule has 0 fully saturated rings. The van der Waals surface area contributed by atoms with E-state index < -0.39 is 5.82 Å². The number of carbonyl (C=O) groups excluding carboxylic acids is 2. The van der Waals surface area contributed by atoms with Crippen molar-refractivity contribution in [2.24, 2.45) is 0 Å². The molecule has 132 valence electrons. The van der Waals surface area contributed by atoms with Crippen LogP contribution < -0.4 is 10.6 Å². The van der Waals surface area contributed by atoms with Gasteiger partial charge in [-0.05, 0) is 66.4 Å². The molecule has 0 saturated carbocycles. The van der Waals surface area contributed by atoms with Gasteiger partial charge in [-0.3, -0.25) is 9.59 Å². The summed E-state index contributed by atoms with van der Waals surface area (Å²) in [4.78, 5) is 25.6. The second-order valence-corrected chi connectivity index (χ2v) is 6.75. The molecule has 4 nitrogen and oxygen atoms in total. The summed E-state index contributed by atoms with van der Waals surface area (Å²) in [7, 11) is 0. The van der Waals surface area contributed by atoms with Gasteiger partial charge >= 0.3 is 0 Å². The SMILES string of the molecule is Cc1ccsc1CNC(=O)c1cccc(NC(=O)c2ccc(F)cc2)c1. The van der Waals surface area contributed by atoms with Crippen molar-refractivity contribution in [1.29, 1.82) is 0 Å². The Morgan fingerprint density at radius 3 is 2.46 bits per heavy atom. The molecule has 0 unspecified atom stereocenters. The Bertz CT molecular complexity index is 935. The number of carbonyl (C=O) groups is 2. The first-order valence-electron chi connectivity index (χ1n) is 8.01. The monoisotopic (exact) mass is 368 g/mol. The number of nitrogens with one attached hydrogen (secondary N) is 2. The van der Waals surface area contributed by atoms with Crippen molar-refractivity contribution in [2.75, 3.05) is 5.32 Å². The summed E-state index contributed by atoms with van der Waals surface area (Å²) in [5.74, 6) is -0.978. The van der Waals surface area contributed by atoms with E-state index in [0.717, 1.165) is 10.4 Å². The van der Waals surface area contributed by atoms with E-state index in [2.05, 4.69) is 10.6 Å². The minimum Gasteiger partial charge on any atom is -0.347 e. The molecule has 26 heavy (non-hydrogen) atoms. The van der Waals surface area contributed by atoms with Crippen LogP contribution in [0.1, 0.15) is 31.2 Å². The fraction of sp³-hybridized carbons (Fsp3) is 0.100. The summed E-state index contributed by atoms with van der Waals surface area (Å²) in [6.07, 6.45) is 0. The molecule has 1 heterocycles. The first-order valence-corrected chi connectivity index (χ1v) is 8.89. The van der Waals surface area contributed by atoms with Crippen LogP contribution in [0.3, 0.4) is 0 Å². The van der Waals surface area contributed by atoms with Crippen molar-refractivity contribution >= 4 is 28.8 Å².